The van der Waals surface area contributed by atoms with Gasteiger partial charge in [-0.1, -0.05) is 39.2 Å². The molecule has 0 aliphatic heterocycles. The number of hydrogen-bond acceptors (Lipinski definition) is 3. The number of hydrogen-bond donors (Lipinski definition) is 2. The van der Waals surface area contributed by atoms with Crippen LogP contribution in [0, 0.1) is 5.41 Å². The highest BCUT2D eigenvalue weighted by atomic mass is 16.5. The van der Waals surface area contributed by atoms with Crippen LogP contribution in [0.3, 0.4) is 0 Å². The molecule has 0 atom stereocenters. The predicted octanol–water partition coefficient (Wildman–Crippen LogP) is 4.44. The molecule has 112 valence electrons. The Bertz CT molecular complexity index is 425. The molecule has 0 aromatic heterocycles. The number of nitrogens with two attached hydrogens (primary N) is 1. The van der Waals surface area contributed by atoms with E-state index < -0.39 is 0 Å². The monoisotopic (exact) mass is 276 g/mol. The first-order valence-electron chi connectivity index (χ1n) is 7.90. The Hall–Kier alpha value is -1.38. The minimum absolute atomic E-state index is 0.408. The Morgan fingerprint density at radius 1 is 1.25 bits per heavy atom. The van der Waals surface area contributed by atoms with Crippen molar-refractivity contribution in [2.75, 3.05) is 24.2 Å². The molecule has 20 heavy (non-hydrogen) atoms. The molecule has 3 N–H and O–H groups in total. The Balaban J connectivity index is 1.98. The average Bonchev–Trinajstić information content (AvgIpc) is 2.46. The van der Waals surface area contributed by atoms with Crippen LogP contribution in [0.25, 0.3) is 0 Å². The van der Waals surface area contributed by atoms with Gasteiger partial charge in [0.1, 0.15) is 5.75 Å². The molecule has 0 heterocycles. The fourth-order valence-electron chi connectivity index (χ4n) is 2.93. The van der Waals surface area contributed by atoms with Crippen molar-refractivity contribution in [2.45, 2.75) is 52.4 Å². The van der Waals surface area contributed by atoms with Crippen LogP contribution in [-0.2, 0) is 0 Å². The van der Waals surface area contributed by atoms with Crippen LogP contribution in [0.2, 0.25) is 0 Å². The second-order valence-electron chi connectivity index (χ2n) is 6.29. The van der Waals surface area contributed by atoms with Crippen molar-refractivity contribution in [1.29, 1.82) is 0 Å². The smallest absolute Gasteiger partial charge is 0.144 e. The molecule has 1 saturated carbocycles. The molecule has 1 aromatic carbocycles. The molecule has 3 nitrogen and oxygen atoms in total. The lowest BCUT2D eigenvalue weighted by Gasteiger charge is -2.34. The number of nitrogens with one attached hydrogen (secondary N) is 1. The van der Waals surface area contributed by atoms with Crippen molar-refractivity contribution in [3.63, 3.8) is 0 Å². The van der Waals surface area contributed by atoms with Gasteiger partial charge in [0.15, 0.2) is 0 Å². The Kier molecular flexibility index (Phi) is 5.16. The SMILES string of the molecule is CCCOc1cccc(NCC2(C)CCCCC2)c1N. The van der Waals surface area contributed by atoms with Gasteiger partial charge in [-0.2, -0.15) is 0 Å². The number of nitrogen functional groups attached to an aromatic ring is 1. The van der Waals surface area contributed by atoms with Crippen LogP contribution < -0.4 is 15.8 Å². The van der Waals surface area contributed by atoms with Crippen molar-refractivity contribution >= 4 is 11.4 Å². The summed E-state index contributed by atoms with van der Waals surface area (Å²) in [5.74, 6) is 0.797. The molecule has 0 saturated heterocycles. The highest BCUT2D eigenvalue weighted by Crippen LogP contribution is 2.37. The number of anilines is 2. The standard InChI is InChI=1S/C17H28N2O/c1-3-12-20-15-9-7-8-14(16(15)18)19-13-17(2)10-5-4-6-11-17/h7-9,19H,3-6,10-13,18H2,1-2H3. The predicted molar refractivity (Wildman–Crippen MR) is 86.3 cm³/mol. The summed E-state index contributed by atoms with van der Waals surface area (Å²) in [5, 5.41) is 3.53. The fraction of sp³-hybridized carbons (Fsp3) is 0.647. The van der Waals surface area contributed by atoms with Crippen LogP contribution in [0.1, 0.15) is 52.4 Å². The van der Waals surface area contributed by atoms with Crippen LogP contribution >= 0.6 is 0 Å². The molecule has 1 fully saturated rings. The van der Waals surface area contributed by atoms with E-state index >= 15 is 0 Å². The minimum atomic E-state index is 0.408. The second-order valence-corrected chi connectivity index (χ2v) is 6.29. The molecule has 1 aromatic rings. The molecular weight excluding hydrogens is 248 g/mol. The van der Waals surface area contributed by atoms with E-state index in [1.807, 2.05) is 18.2 Å². The van der Waals surface area contributed by atoms with Crippen molar-refractivity contribution in [1.82, 2.24) is 0 Å². The Morgan fingerprint density at radius 3 is 2.70 bits per heavy atom. The molecule has 0 spiro atoms. The maximum absolute atomic E-state index is 6.20. The quantitative estimate of drug-likeness (QED) is 0.755. The van der Waals surface area contributed by atoms with E-state index in [-0.39, 0.29) is 0 Å². The lowest BCUT2D eigenvalue weighted by Crippen LogP contribution is -2.29. The third-order valence-electron chi connectivity index (χ3n) is 4.29. The number of ether oxygens (including phenoxy) is 1. The number of rotatable bonds is 6. The molecular formula is C17H28N2O. The van der Waals surface area contributed by atoms with E-state index in [4.69, 9.17) is 10.5 Å². The molecule has 0 amide bonds. The third kappa shape index (κ3) is 3.81. The Labute approximate surface area is 122 Å². The summed E-state index contributed by atoms with van der Waals surface area (Å²) < 4.78 is 5.68. The minimum Gasteiger partial charge on any atom is -0.491 e. The second kappa shape index (κ2) is 6.87. The van der Waals surface area contributed by atoms with Gasteiger partial charge in [0, 0.05) is 6.54 Å². The lowest BCUT2D eigenvalue weighted by molar-refractivity contribution is 0.233. The maximum atomic E-state index is 6.20. The zero-order valence-electron chi connectivity index (χ0n) is 12.9. The highest BCUT2D eigenvalue weighted by Gasteiger charge is 2.26. The van der Waals surface area contributed by atoms with E-state index in [1.54, 1.807) is 0 Å². The molecule has 2 rings (SSSR count). The van der Waals surface area contributed by atoms with E-state index in [9.17, 15) is 0 Å². The van der Waals surface area contributed by atoms with Gasteiger partial charge >= 0.3 is 0 Å². The summed E-state index contributed by atoms with van der Waals surface area (Å²) in [6, 6.07) is 5.99. The van der Waals surface area contributed by atoms with Gasteiger partial charge in [0.25, 0.3) is 0 Å². The van der Waals surface area contributed by atoms with Crippen molar-refractivity contribution in [2.24, 2.45) is 5.41 Å². The van der Waals surface area contributed by atoms with Crippen LogP contribution in [0.15, 0.2) is 18.2 Å². The lowest BCUT2D eigenvalue weighted by atomic mass is 9.76. The molecule has 0 unspecified atom stereocenters. The molecule has 0 bridgehead atoms. The Morgan fingerprint density at radius 2 is 2.00 bits per heavy atom. The summed E-state index contributed by atoms with van der Waals surface area (Å²) in [6.45, 7) is 6.19. The number of para-hydroxylation sites is 1. The van der Waals surface area contributed by atoms with Gasteiger partial charge in [0.2, 0.25) is 0 Å². The first-order valence-corrected chi connectivity index (χ1v) is 7.90. The van der Waals surface area contributed by atoms with Crippen molar-refractivity contribution in [3.05, 3.63) is 18.2 Å². The van der Waals surface area contributed by atoms with Gasteiger partial charge < -0.3 is 15.8 Å². The van der Waals surface area contributed by atoms with Gasteiger partial charge in [-0.3, -0.25) is 0 Å². The largest absolute Gasteiger partial charge is 0.491 e. The van der Waals surface area contributed by atoms with E-state index in [0.717, 1.165) is 30.1 Å². The zero-order valence-corrected chi connectivity index (χ0v) is 12.9. The average molecular weight is 276 g/mol. The maximum Gasteiger partial charge on any atom is 0.144 e. The van der Waals surface area contributed by atoms with E-state index in [0.29, 0.717) is 12.0 Å². The summed E-state index contributed by atoms with van der Waals surface area (Å²) in [4.78, 5) is 0. The van der Waals surface area contributed by atoms with Gasteiger partial charge in [0.05, 0.1) is 18.0 Å². The van der Waals surface area contributed by atoms with Crippen LogP contribution in [0.5, 0.6) is 5.75 Å². The molecule has 1 aliphatic rings. The summed E-state index contributed by atoms with van der Waals surface area (Å²) in [5.41, 5.74) is 8.34. The fourth-order valence-corrected chi connectivity index (χ4v) is 2.93. The van der Waals surface area contributed by atoms with E-state index in [1.165, 1.54) is 32.1 Å². The first-order chi connectivity index (χ1) is 9.64. The van der Waals surface area contributed by atoms with Gasteiger partial charge in [-0.25, -0.2) is 0 Å². The highest BCUT2D eigenvalue weighted by molar-refractivity contribution is 5.72. The molecule has 1 aliphatic carbocycles. The van der Waals surface area contributed by atoms with Crippen LogP contribution in [0.4, 0.5) is 11.4 Å². The van der Waals surface area contributed by atoms with Gasteiger partial charge in [-0.05, 0) is 36.8 Å². The topological polar surface area (TPSA) is 47.3 Å². The normalized spacial score (nSPS) is 17.7. The summed E-state index contributed by atoms with van der Waals surface area (Å²) in [6.07, 6.45) is 7.71. The van der Waals surface area contributed by atoms with E-state index in [2.05, 4.69) is 19.2 Å². The van der Waals surface area contributed by atoms with Gasteiger partial charge in [-0.15, -0.1) is 0 Å². The van der Waals surface area contributed by atoms with Crippen molar-refractivity contribution < 1.29 is 4.74 Å². The third-order valence-corrected chi connectivity index (χ3v) is 4.29. The summed E-state index contributed by atoms with van der Waals surface area (Å²) in [7, 11) is 0. The molecule has 3 heteroatoms. The first kappa shape index (κ1) is 15.0. The summed E-state index contributed by atoms with van der Waals surface area (Å²) >= 11 is 0. The zero-order chi connectivity index (χ0) is 14.4. The van der Waals surface area contributed by atoms with Crippen LogP contribution in [-0.4, -0.2) is 13.2 Å². The molecule has 0 radical (unpaired) electrons. The van der Waals surface area contributed by atoms with Crippen molar-refractivity contribution in [3.8, 4) is 5.75 Å². The number of benzene rings is 1.